The van der Waals surface area contributed by atoms with Gasteiger partial charge in [-0.2, -0.15) is 4.98 Å². The SMILES string of the molecule is CCCC1(c2nc(Cc3csc(C)n3)no2)CCNC1. The van der Waals surface area contributed by atoms with E-state index in [0.717, 1.165) is 54.8 Å². The van der Waals surface area contributed by atoms with Crippen molar-refractivity contribution in [3.05, 3.63) is 27.8 Å². The molecule has 2 aromatic heterocycles. The average Bonchev–Trinajstić information content (AvgIpc) is 3.12. The van der Waals surface area contributed by atoms with Gasteiger partial charge in [0.05, 0.1) is 22.5 Å². The van der Waals surface area contributed by atoms with Crippen molar-refractivity contribution in [2.24, 2.45) is 0 Å². The summed E-state index contributed by atoms with van der Waals surface area (Å²) in [5, 5.41) is 10.7. The molecule has 0 radical (unpaired) electrons. The van der Waals surface area contributed by atoms with E-state index < -0.39 is 0 Å². The van der Waals surface area contributed by atoms with Crippen LogP contribution in [0.25, 0.3) is 0 Å². The van der Waals surface area contributed by atoms with E-state index in [1.54, 1.807) is 11.3 Å². The molecular formula is C14H20N4OS. The lowest BCUT2D eigenvalue weighted by Crippen LogP contribution is -2.29. The third-order valence-electron chi connectivity index (χ3n) is 3.90. The lowest BCUT2D eigenvalue weighted by atomic mass is 9.82. The van der Waals surface area contributed by atoms with Crippen LogP contribution in [0.1, 0.15) is 48.6 Å². The minimum atomic E-state index is 0.0397. The fraction of sp³-hybridized carbons (Fsp3) is 0.643. The molecule has 1 aliphatic rings. The molecule has 1 aliphatic heterocycles. The van der Waals surface area contributed by atoms with E-state index in [1.807, 2.05) is 6.92 Å². The monoisotopic (exact) mass is 292 g/mol. The summed E-state index contributed by atoms with van der Waals surface area (Å²) in [6.07, 6.45) is 3.96. The predicted molar refractivity (Wildman–Crippen MR) is 78.0 cm³/mol. The van der Waals surface area contributed by atoms with Crippen molar-refractivity contribution >= 4 is 11.3 Å². The van der Waals surface area contributed by atoms with Crippen molar-refractivity contribution in [3.8, 4) is 0 Å². The average molecular weight is 292 g/mol. The van der Waals surface area contributed by atoms with E-state index in [1.165, 1.54) is 0 Å². The zero-order chi connectivity index (χ0) is 14.0. The van der Waals surface area contributed by atoms with Crippen LogP contribution in [0.4, 0.5) is 0 Å². The highest BCUT2D eigenvalue weighted by molar-refractivity contribution is 7.09. The van der Waals surface area contributed by atoms with Crippen LogP contribution in [0, 0.1) is 6.92 Å². The van der Waals surface area contributed by atoms with E-state index in [0.29, 0.717) is 6.42 Å². The van der Waals surface area contributed by atoms with E-state index >= 15 is 0 Å². The predicted octanol–water partition coefficient (Wildman–Crippen LogP) is 2.46. The Bertz CT molecular complexity index is 571. The van der Waals surface area contributed by atoms with Crippen LogP contribution in [-0.2, 0) is 11.8 Å². The number of aromatic nitrogens is 3. The van der Waals surface area contributed by atoms with Gasteiger partial charge in [0.1, 0.15) is 0 Å². The summed E-state index contributed by atoms with van der Waals surface area (Å²) >= 11 is 1.66. The van der Waals surface area contributed by atoms with Gasteiger partial charge in [0.2, 0.25) is 5.89 Å². The van der Waals surface area contributed by atoms with Gasteiger partial charge >= 0.3 is 0 Å². The van der Waals surface area contributed by atoms with Crippen LogP contribution in [0.2, 0.25) is 0 Å². The highest BCUT2D eigenvalue weighted by Crippen LogP contribution is 2.34. The molecule has 1 unspecified atom stereocenters. The van der Waals surface area contributed by atoms with Gasteiger partial charge in [-0.3, -0.25) is 0 Å². The van der Waals surface area contributed by atoms with E-state index in [4.69, 9.17) is 4.52 Å². The Hall–Kier alpha value is -1.27. The van der Waals surface area contributed by atoms with Crippen molar-refractivity contribution in [3.63, 3.8) is 0 Å². The van der Waals surface area contributed by atoms with Crippen LogP contribution >= 0.6 is 11.3 Å². The second-order valence-electron chi connectivity index (χ2n) is 5.51. The summed E-state index contributed by atoms with van der Waals surface area (Å²) in [6.45, 7) is 6.19. The summed E-state index contributed by atoms with van der Waals surface area (Å²) < 4.78 is 5.56. The third-order valence-corrected chi connectivity index (χ3v) is 4.72. The molecule has 1 fully saturated rings. The Kier molecular flexibility index (Phi) is 3.85. The maximum Gasteiger partial charge on any atom is 0.234 e. The number of rotatable bonds is 5. The lowest BCUT2D eigenvalue weighted by molar-refractivity contribution is 0.276. The molecule has 5 nitrogen and oxygen atoms in total. The first kappa shape index (κ1) is 13.7. The summed E-state index contributed by atoms with van der Waals surface area (Å²) in [5.41, 5.74) is 1.06. The maximum atomic E-state index is 5.56. The Morgan fingerprint density at radius 3 is 3.00 bits per heavy atom. The number of aryl methyl sites for hydroxylation is 1. The zero-order valence-electron chi connectivity index (χ0n) is 12.0. The fourth-order valence-electron chi connectivity index (χ4n) is 2.92. The fourth-order valence-corrected chi connectivity index (χ4v) is 3.53. The standard InChI is InChI=1S/C14H20N4OS/c1-3-4-14(5-6-15-9-14)13-17-12(18-19-13)7-11-8-20-10(2)16-11/h8,15H,3-7,9H2,1-2H3. The summed E-state index contributed by atoms with van der Waals surface area (Å²) in [6, 6.07) is 0. The molecule has 0 aliphatic carbocycles. The van der Waals surface area contributed by atoms with Crippen molar-refractivity contribution in [2.75, 3.05) is 13.1 Å². The van der Waals surface area contributed by atoms with Crippen LogP contribution in [-0.4, -0.2) is 28.2 Å². The largest absolute Gasteiger partial charge is 0.339 e. The number of thiazole rings is 1. The van der Waals surface area contributed by atoms with E-state index in [9.17, 15) is 0 Å². The molecule has 0 aromatic carbocycles. The first-order valence-electron chi connectivity index (χ1n) is 7.17. The first-order valence-corrected chi connectivity index (χ1v) is 8.04. The molecule has 3 heterocycles. The Labute approximate surface area is 122 Å². The summed E-state index contributed by atoms with van der Waals surface area (Å²) in [4.78, 5) is 9.09. The van der Waals surface area contributed by atoms with Crippen molar-refractivity contribution in [2.45, 2.75) is 44.9 Å². The van der Waals surface area contributed by atoms with E-state index in [2.05, 4.69) is 32.7 Å². The summed E-state index contributed by atoms with van der Waals surface area (Å²) in [7, 11) is 0. The molecule has 1 N–H and O–H groups in total. The van der Waals surface area contributed by atoms with E-state index in [-0.39, 0.29) is 5.41 Å². The van der Waals surface area contributed by atoms with Gasteiger partial charge in [-0.05, 0) is 26.3 Å². The zero-order valence-corrected chi connectivity index (χ0v) is 12.8. The molecule has 0 bridgehead atoms. The van der Waals surface area contributed by atoms with Gasteiger partial charge in [0.25, 0.3) is 0 Å². The minimum Gasteiger partial charge on any atom is -0.339 e. The molecule has 2 aromatic rings. The number of hydrogen-bond acceptors (Lipinski definition) is 6. The topological polar surface area (TPSA) is 63.8 Å². The summed E-state index contributed by atoms with van der Waals surface area (Å²) in [5.74, 6) is 1.54. The second-order valence-corrected chi connectivity index (χ2v) is 6.57. The normalized spacial score (nSPS) is 22.5. The Balaban J connectivity index is 1.78. The maximum absolute atomic E-state index is 5.56. The molecule has 6 heteroatoms. The lowest BCUT2D eigenvalue weighted by Gasteiger charge is -2.22. The molecule has 20 heavy (non-hydrogen) atoms. The second kappa shape index (κ2) is 5.61. The number of nitrogens with zero attached hydrogens (tertiary/aromatic N) is 3. The highest BCUT2D eigenvalue weighted by Gasteiger charge is 2.40. The minimum absolute atomic E-state index is 0.0397. The molecule has 1 saturated heterocycles. The molecule has 108 valence electrons. The molecule has 0 spiro atoms. The van der Waals surface area contributed by atoms with Crippen LogP contribution in [0.5, 0.6) is 0 Å². The quantitative estimate of drug-likeness (QED) is 0.917. The first-order chi connectivity index (χ1) is 9.72. The van der Waals surface area contributed by atoms with Gasteiger partial charge in [0, 0.05) is 11.9 Å². The van der Waals surface area contributed by atoms with Gasteiger partial charge in [0.15, 0.2) is 5.82 Å². The molecule has 3 rings (SSSR count). The molecule has 0 saturated carbocycles. The van der Waals surface area contributed by atoms with Gasteiger partial charge < -0.3 is 9.84 Å². The van der Waals surface area contributed by atoms with Crippen LogP contribution in [0.3, 0.4) is 0 Å². The van der Waals surface area contributed by atoms with Crippen LogP contribution in [0.15, 0.2) is 9.90 Å². The van der Waals surface area contributed by atoms with Gasteiger partial charge in [-0.1, -0.05) is 18.5 Å². The number of nitrogens with one attached hydrogen (secondary N) is 1. The molecular weight excluding hydrogens is 272 g/mol. The smallest absolute Gasteiger partial charge is 0.234 e. The molecule has 1 atom stereocenters. The van der Waals surface area contributed by atoms with Crippen molar-refractivity contribution in [1.29, 1.82) is 0 Å². The Morgan fingerprint density at radius 1 is 1.45 bits per heavy atom. The number of hydrogen-bond donors (Lipinski definition) is 1. The van der Waals surface area contributed by atoms with Crippen molar-refractivity contribution < 1.29 is 4.52 Å². The van der Waals surface area contributed by atoms with Gasteiger partial charge in [-0.15, -0.1) is 11.3 Å². The van der Waals surface area contributed by atoms with Crippen LogP contribution < -0.4 is 5.32 Å². The van der Waals surface area contributed by atoms with Crippen molar-refractivity contribution in [1.82, 2.24) is 20.4 Å². The highest BCUT2D eigenvalue weighted by atomic mass is 32.1. The van der Waals surface area contributed by atoms with Gasteiger partial charge in [-0.25, -0.2) is 4.98 Å². The third kappa shape index (κ3) is 2.62. The Morgan fingerprint density at radius 2 is 2.35 bits per heavy atom. The molecule has 0 amide bonds.